The number of rotatable bonds is 6. The Balaban J connectivity index is 1.44. The molecule has 0 aliphatic rings. The quantitative estimate of drug-likeness (QED) is 0.292. The van der Waals surface area contributed by atoms with Crippen LogP contribution in [0.4, 0.5) is 5.69 Å². The van der Waals surface area contributed by atoms with E-state index in [1.54, 1.807) is 13.3 Å². The van der Waals surface area contributed by atoms with E-state index in [1.165, 1.54) is 0 Å². The van der Waals surface area contributed by atoms with Crippen molar-refractivity contribution in [2.45, 2.75) is 19.9 Å². The third-order valence-corrected chi connectivity index (χ3v) is 5.87. The van der Waals surface area contributed by atoms with Crippen LogP contribution in [0.1, 0.15) is 13.8 Å². The van der Waals surface area contributed by atoms with E-state index in [2.05, 4.69) is 44.3 Å². The molecule has 36 heavy (non-hydrogen) atoms. The maximum absolute atomic E-state index is 5.39. The zero-order chi connectivity index (χ0) is 24.6. The lowest BCUT2D eigenvalue weighted by Gasteiger charge is -2.10. The van der Waals surface area contributed by atoms with Gasteiger partial charge in [-0.3, -0.25) is 15.1 Å². The molecular formula is C27H24N8O. The molecule has 0 saturated heterocycles. The lowest BCUT2D eigenvalue weighted by atomic mass is 10.1. The number of aromatic nitrogens is 7. The number of fused-ring (bicyclic) bond motifs is 2. The van der Waals surface area contributed by atoms with E-state index in [0.29, 0.717) is 17.6 Å². The van der Waals surface area contributed by atoms with Gasteiger partial charge in [0.25, 0.3) is 0 Å². The zero-order valence-electron chi connectivity index (χ0n) is 20.1. The molecule has 0 aliphatic heterocycles. The number of nitrogens with one attached hydrogen (secondary N) is 3. The average Bonchev–Trinajstić information content (AvgIpc) is 3.52. The van der Waals surface area contributed by atoms with Crippen molar-refractivity contribution in [2.24, 2.45) is 0 Å². The van der Waals surface area contributed by atoms with E-state index in [9.17, 15) is 0 Å². The second-order valence-electron chi connectivity index (χ2n) is 8.80. The van der Waals surface area contributed by atoms with Crippen LogP contribution in [0.5, 0.6) is 5.75 Å². The van der Waals surface area contributed by atoms with E-state index in [-0.39, 0.29) is 0 Å². The van der Waals surface area contributed by atoms with Crippen molar-refractivity contribution in [3.63, 3.8) is 0 Å². The minimum atomic E-state index is 0.308. The van der Waals surface area contributed by atoms with Crippen molar-refractivity contribution < 1.29 is 4.74 Å². The number of pyridine rings is 3. The van der Waals surface area contributed by atoms with Crippen LogP contribution in [-0.2, 0) is 0 Å². The fraction of sp³-hybridized carbons (Fsp3) is 0.148. The normalized spacial score (nSPS) is 11.4. The van der Waals surface area contributed by atoms with Crippen molar-refractivity contribution >= 4 is 27.8 Å². The number of anilines is 1. The van der Waals surface area contributed by atoms with Gasteiger partial charge < -0.3 is 15.0 Å². The van der Waals surface area contributed by atoms with Gasteiger partial charge in [-0.15, -0.1) is 0 Å². The van der Waals surface area contributed by atoms with E-state index < -0.39 is 0 Å². The summed E-state index contributed by atoms with van der Waals surface area (Å²) in [6.07, 6.45) is 5.39. The first-order chi connectivity index (χ1) is 17.6. The largest absolute Gasteiger partial charge is 0.497 e. The van der Waals surface area contributed by atoms with Gasteiger partial charge >= 0.3 is 0 Å². The number of imidazole rings is 1. The van der Waals surface area contributed by atoms with E-state index in [0.717, 1.165) is 56.0 Å². The molecule has 6 aromatic rings. The topological polar surface area (TPSA) is 117 Å². The number of hydrogen-bond acceptors (Lipinski definition) is 7. The Morgan fingerprint density at radius 2 is 1.78 bits per heavy atom. The maximum Gasteiger partial charge on any atom is 0.161 e. The van der Waals surface area contributed by atoms with Crippen molar-refractivity contribution in [2.75, 3.05) is 12.4 Å². The second-order valence-corrected chi connectivity index (χ2v) is 8.80. The molecule has 0 radical (unpaired) electrons. The molecule has 0 fully saturated rings. The highest BCUT2D eigenvalue weighted by Gasteiger charge is 2.17. The highest BCUT2D eigenvalue weighted by atomic mass is 16.5. The van der Waals surface area contributed by atoms with E-state index in [4.69, 9.17) is 14.7 Å². The molecule has 0 unspecified atom stereocenters. The summed E-state index contributed by atoms with van der Waals surface area (Å²) in [6.45, 7) is 4.19. The Morgan fingerprint density at radius 1 is 0.889 bits per heavy atom. The van der Waals surface area contributed by atoms with Gasteiger partial charge in [0, 0.05) is 35.8 Å². The standard InChI is InChI=1S/C27H24N8O/c1-15(2)30-18-11-17(13-28-14-18)20-7-8-22-25(31-20)26(35-34-22)27-32-21-9-10-29-23(24(21)33-27)16-5-4-6-19(12-16)36-3/h4-15,30H,1-3H3,(H,32,33)(H,34,35). The molecule has 0 saturated carbocycles. The highest BCUT2D eigenvalue weighted by molar-refractivity contribution is 5.95. The average molecular weight is 477 g/mol. The smallest absolute Gasteiger partial charge is 0.161 e. The monoisotopic (exact) mass is 476 g/mol. The third kappa shape index (κ3) is 3.90. The van der Waals surface area contributed by atoms with Crippen LogP contribution in [0.15, 0.2) is 67.1 Å². The fourth-order valence-corrected chi connectivity index (χ4v) is 4.25. The summed E-state index contributed by atoms with van der Waals surface area (Å²) in [5.74, 6) is 1.38. The molecule has 9 heteroatoms. The lowest BCUT2D eigenvalue weighted by molar-refractivity contribution is 0.415. The summed E-state index contributed by atoms with van der Waals surface area (Å²) < 4.78 is 5.39. The van der Waals surface area contributed by atoms with Crippen molar-refractivity contribution in [3.8, 4) is 39.8 Å². The number of methoxy groups -OCH3 is 1. The molecule has 0 spiro atoms. The van der Waals surface area contributed by atoms with Crippen LogP contribution in [-0.4, -0.2) is 48.3 Å². The molecule has 3 N–H and O–H groups in total. The highest BCUT2D eigenvalue weighted by Crippen LogP contribution is 2.32. The first kappa shape index (κ1) is 21.7. The summed E-state index contributed by atoms with van der Waals surface area (Å²) >= 11 is 0. The van der Waals surface area contributed by atoms with Crippen molar-refractivity contribution in [1.82, 2.24) is 35.1 Å². The van der Waals surface area contributed by atoms with E-state index >= 15 is 0 Å². The number of nitrogens with zero attached hydrogens (tertiary/aromatic N) is 5. The van der Waals surface area contributed by atoms with Gasteiger partial charge in [0.15, 0.2) is 11.5 Å². The van der Waals surface area contributed by atoms with Gasteiger partial charge in [0.05, 0.1) is 35.2 Å². The Bertz CT molecular complexity index is 1700. The third-order valence-electron chi connectivity index (χ3n) is 5.87. The van der Waals surface area contributed by atoms with Gasteiger partial charge in [0.1, 0.15) is 16.8 Å². The number of H-pyrrole nitrogens is 2. The molecule has 9 nitrogen and oxygen atoms in total. The molecule has 178 valence electrons. The number of hydrogen-bond donors (Lipinski definition) is 3. The minimum Gasteiger partial charge on any atom is -0.497 e. The molecule has 0 aliphatic carbocycles. The van der Waals surface area contributed by atoms with Crippen LogP contribution in [0.25, 0.3) is 56.1 Å². The van der Waals surface area contributed by atoms with Crippen LogP contribution < -0.4 is 10.1 Å². The fourth-order valence-electron chi connectivity index (χ4n) is 4.25. The van der Waals surface area contributed by atoms with Crippen molar-refractivity contribution in [1.29, 1.82) is 0 Å². The van der Waals surface area contributed by atoms with Crippen LogP contribution in [0, 0.1) is 0 Å². The Morgan fingerprint density at radius 3 is 2.64 bits per heavy atom. The summed E-state index contributed by atoms with van der Waals surface area (Å²) in [5, 5.41) is 11.0. The molecule has 5 aromatic heterocycles. The number of benzene rings is 1. The van der Waals surface area contributed by atoms with Gasteiger partial charge in [-0.25, -0.2) is 9.97 Å². The molecule has 0 atom stereocenters. The van der Waals surface area contributed by atoms with Crippen LogP contribution >= 0.6 is 0 Å². The first-order valence-corrected chi connectivity index (χ1v) is 11.7. The zero-order valence-corrected chi connectivity index (χ0v) is 20.1. The molecule has 6 rings (SSSR count). The van der Waals surface area contributed by atoms with Gasteiger partial charge in [-0.2, -0.15) is 5.10 Å². The second kappa shape index (κ2) is 8.77. The molecule has 0 bridgehead atoms. The molecule has 1 aromatic carbocycles. The van der Waals surface area contributed by atoms with Gasteiger partial charge in [-0.1, -0.05) is 12.1 Å². The first-order valence-electron chi connectivity index (χ1n) is 11.7. The van der Waals surface area contributed by atoms with Crippen LogP contribution in [0.2, 0.25) is 0 Å². The van der Waals surface area contributed by atoms with Gasteiger partial charge in [0.2, 0.25) is 0 Å². The summed E-state index contributed by atoms with van der Waals surface area (Å²) in [6, 6.07) is 16.0. The Kier molecular flexibility index (Phi) is 5.29. The minimum absolute atomic E-state index is 0.308. The SMILES string of the molecule is COc1cccc(-c2nccc3[nH]c(-c4n[nH]c5ccc(-c6cncc(NC(C)C)c6)nc45)nc23)c1. The predicted molar refractivity (Wildman–Crippen MR) is 141 cm³/mol. The molecular weight excluding hydrogens is 452 g/mol. The molecule has 5 heterocycles. The molecule has 0 amide bonds. The lowest BCUT2D eigenvalue weighted by Crippen LogP contribution is -2.09. The summed E-state index contributed by atoms with van der Waals surface area (Å²) in [7, 11) is 1.65. The Labute approximate surface area is 207 Å². The van der Waals surface area contributed by atoms with Crippen molar-refractivity contribution in [3.05, 3.63) is 67.1 Å². The number of ether oxygens (including phenoxy) is 1. The van der Waals surface area contributed by atoms with Gasteiger partial charge in [-0.05, 0) is 50.2 Å². The predicted octanol–water partition coefficient (Wildman–Crippen LogP) is 5.45. The van der Waals surface area contributed by atoms with Crippen LogP contribution in [0.3, 0.4) is 0 Å². The van der Waals surface area contributed by atoms with E-state index in [1.807, 2.05) is 60.9 Å². The maximum atomic E-state index is 5.39. The summed E-state index contributed by atoms with van der Waals surface area (Å²) in [5.41, 5.74) is 8.18. The number of aromatic amines is 2. The summed E-state index contributed by atoms with van der Waals surface area (Å²) in [4.78, 5) is 22.2. The Hall–Kier alpha value is -4.79.